The van der Waals surface area contributed by atoms with Crippen molar-refractivity contribution in [1.29, 1.82) is 0 Å². The number of hydrogen-bond donors (Lipinski definition) is 1. The van der Waals surface area contributed by atoms with E-state index >= 15 is 0 Å². The Labute approximate surface area is 154 Å². The molecule has 9 heteroatoms. The fraction of sp³-hybridized carbons (Fsp3) is 0.278. The Morgan fingerprint density at radius 3 is 2.44 bits per heavy atom. The molecular formula is C18H19F3N2O4. The zero-order valence-electron chi connectivity index (χ0n) is 14.7. The van der Waals surface area contributed by atoms with Gasteiger partial charge in [-0.15, -0.1) is 13.2 Å². The molecule has 2 amide bonds. The molecule has 6 nitrogen and oxygen atoms in total. The molecule has 0 aliphatic rings. The SMILES string of the molecule is CON(C)C(=O)Nc1cccc(OCCc2ccc(OC(F)(F)F)cc2)c1. The molecule has 0 radical (unpaired) electrons. The van der Waals surface area contributed by atoms with E-state index in [2.05, 4.69) is 10.1 Å². The monoisotopic (exact) mass is 384 g/mol. The molecule has 0 bridgehead atoms. The van der Waals surface area contributed by atoms with Gasteiger partial charge < -0.3 is 14.8 Å². The van der Waals surface area contributed by atoms with Gasteiger partial charge in [-0.2, -0.15) is 0 Å². The molecule has 0 saturated carbocycles. The Bertz CT molecular complexity index is 751. The molecule has 0 heterocycles. The van der Waals surface area contributed by atoms with Crippen LogP contribution in [-0.4, -0.2) is 38.2 Å². The number of amides is 2. The quantitative estimate of drug-likeness (QED) is 0.726. The Balaban J connectivity index is 1.85. The highest BCUT2D eigenvalue weighted by Crippen LogP contribution is 2.23. The summed E-state index contributed by atoms with van der Waals surface area (Å²) in [6.45, 7) is 0.314. The predicted octanol–water partition coefficient (Wildman–Crippen LogP) is 4.23. The third-order valence-electron chi connectivity index (χ3n) is 3.46. The van der Waals surface area contributed by atoms with Crippen molar-refractivity contribution in [3.05, 3.63) is 54.1 Å². The van der Waals surface area contributed by atoms with Crippen molar-refractivity contribution in [2.75, 3.05) is 26.1 Å². The molecule has 0 saturated heterocycles. The third kappa shape index (κ3) is 7.06. The first-order valence-corrected chi connectivity index (χ1v) is 7.93. The zero-order valence-corrected chi connectivity index (χ0v) is 14.7. The lowest BCUT2D eigenvalue weighted by molar-refractivity contribution is -0.274. The lowest BCUT2D eigenvalue weighted by Gasteiger charge is -2.15. The van der Waals surface area contributed by atoms with Crippen molar-refractivity contribution in [3.8, 4) is 11.5 Å². The van der Waals surface area contributed by atoms with Gasteiger partial charge in [0.05, 0.1) is 13.7 Å². The molecular weight excluding hydrogens is 365 g/mol. The molecule has 1 N–H and O–H groups in total. The van der Waals surface area contributed by atoms with Crippen LogP contribution >= 0.6 is 0 Å². The van der Waals surface area contributed by atoms with Crippen molar-refractivity contribution in [2.24, 2.45) is 0 Å². The summed E-state index contributed by atoms with van der Waals surface area (Å²) < 4.78 is 45.8. The van der Waals surface area contributed by atoms with Crippen LogP contribution in [0.5, 0.6) is 11.5 Å². The second kappa shape index (κ2) is 9.13. The number of benzene rings is 2. The number of alkyl halides is 3. The van der Waals surface area contributed by atoms with Gasteiger partial charge in [0.1, 0.15) is 11.5 Å². The first-order chi connectivity index (χ1) is 12.8. The lowest BCUT2D eigenvalue weighted by Crippen LogP contribution is -2.30. The molecule has 0 aromatic heterocycles. The van der Waals surface area contributed by atoms with Crippen LogP contribution in [0.2, 0.25) is 0 Å². The van der Waals surface area contributed by atoms with Gasteiger partial charge in [-0.3, -0.25) is 4.84 Å². The minimum atomic E-state index is -4.71. The summed E-state index contributed by atoms with van der Waals surface area (Å²) in [4.78, 5) is 16.5. The fourth-order valence-corrected chi connectivity index (χ4v) is 2.09. The van der Waals surface area contributed by atoms with Crippen molar-refractivity contribution >= 4 is 11.7 Å². The van der Waals surface area contributed by atoms with E-state index in [-0.39, 0.29) is 5.75 Å². The average molecular weight is 384 g/mol. The normalized spacial score (nSPS) is 11.0. The zero-order chi connectivity index (χ0) is 19.9. The van der Waals surface area contributed by atoms with E-state index < -0.39 is 12.4 Å². The molecule has 0 fully saturated rings. The van der Waals surface area contributed by atoms with Crippen molar-refractivity contribution in [1.82, 2.24) is 5.06 Å². The van der Waals surface area contributed by atoms with Gasteiger partial charge in [0.25, 0.3) is 0 Å². The van der Waals surface area contributed by atoms with Crippen molar-refractivity contribution in [2.45, 2.75) is 12.8 Å². The van der Waals surface area contributed by atoms with Gasteiger partial charge in [0.15, 0.2) is 0 Å². The highest BCUT2D eigenvalue weighted by Gasteiger charge is 2.30. The van der Waals surface area contributed by atoms with E-state index in [0.717, 1.165) is 10.6 Å². The van der Waals surface area contributed by atoms with Crippen LogP contribution in [0.3, 0.4) is 0 Å². The van der Waals surface area contributed by atoms with E-state index in [0.29, 0.717) is 24.5 Å². The second-order valence-electron chi connectivity index (χ2n) is 5.43. The largest absolute Gasteiger partial charge is 0.573 e. The molecule has 0 atom stereocenters. The number of urea groups is 1. The number of anilines is 1. The molecule has 0 aliphatic heterocycles. The molecule has 146 valence electrons. The van der Waals surface area contributed by atoms with Gasteiger partial charge in [-0.05, 0) is 29.8 Å². The summed E-state index contributed by atoms with van der Waals surface area (Å²) in [5, 5.41) is 3.68. The summed E-state index contributed by atoms with van der Waals surface area (Å²) in [5.41, 5.74) is 1.34. The summed E-state index contributed by atoms with van der Waals surface area (Å²) in [6.07, 6.45) is -4.21. The first-order valence-electron chi connectivity index (χ1n) is 7.93. The Morgan fingerprint density at radius 2 is 1.81 bits per heavy atom. The van der Waals surface area contributed by atoms with Gasteiger partial charge in [0, 0.05) is 25.2 Å². The number of hydroxylamine groups is 2. The van der Waals surface area contributed by atoms with Crippen molar-refractivity contribution in [3.63, 3.8) is 0 Å². The predicted molar refractivity (Wildman–Crippen MR) is 92.6 cm³/mol. The number of carbonyl (C=O) groups excluding carboxylic acids is 1. The highest BCUT2D eigenvalue weighted by atomic mass is 19.4. The Morgan fingerprint density at radius 1 is 1.11 bits per heavy atom. The first kappa shape index (κ1) is 20.4. The number of ether oxygens (including phenoxy) is 2. The van der Waals surface area contributed by atoms with Crippen LogP contribution in [-0.2, 0) is 11.3 Å². The van der Waals surface area contributed by atoms with Gasteiger partial charge in [-0.1, -0.05) is 18.2 Å². The van der Waals surface area contributed by atoms with Gasteiger partial charge in [0.2, 0.25) is 0 Å². The molecule has 0 spiro atoms. The minimum Gasteiger partial charge on any atom is -0.493 e. The summed E-state index contributed by atoms with van der Waals surface area (Å²) in [6, 6.07) is 12.0. The second-order valence-corrected chi connectivity index (χ2v) is 5.43. The van der Waals surface area contributed by atoms with Crippen LogP contribution in [0.4, 0.5) is 23.7 Å². The molecule has 2 aromatic rings. The fourth-order valence-electron chi connectivity index (χ4n) is 2.09. The topological polar surface area (TPSA) is 60.0 Å². The number of halogens is 3. The summed E-state index contributed by atoms with van der Waals surface area (Å²) >= 11 is 0. The maximum Gasteiger partial charge on any atom is 0.573 e. The van der Waals surface area contributed by atoms with Gasteiger partial charge >= 0.3 is 12.4 Å². The van der Waals surface area contributed by atoms with E-state index in [1.165, 1.54) is 26.3 Å². The lowest BCUT2D eigenvalue weighted by atomic mass is 10.1. The molecule has 0 unspecified atom stereocenters. The van der Waals surface area contributed by atoms with Crippen LogP contribution in [0.25, 0.3) is 0 Å². The molecule has 0 aliphatic carbocycles. The molecule has 2 rings (SSSR count). The van der Waals surface area contributed by atoms with Crippen LogP contribution in [0.15, 0.2) is 48.5 Å². The average Bonchev–Trinajstić information content (AvgIpc) is 2.61. The van der Waals surface area contributed by atoms with Crippen molar-refractivity contribution < 1.29 is 32.3 Å². The molecule has 2 aromatic carbocycles. The highest BCUT2D eigenvalue weighted by molar-refractivity contribution is 5.88. The van der Waals surface area contributed by atoms with E-state index in [1.54, 1.807) is 36.4 Å². The Hall–Kier alpha value is -2.94. The minimum absolute atomic E-state index is 0.267. The molecule has 27 heavy (non-hydrogen) atoms. The summed E-state index contributed by atoms with van der Waals surface area (Å²) in [7, 11) is 2.85. The maximum absolute atomic E-state index is 12.1. The van der Waals surface area contributed by atoms with Crippen LogP contribution in [0, 0.1) is 0 Å². The maximum atomic E-state index is 12.1. The van der Waals surface area contributed by atoms with E-state index in [4.69, 9.17) is 9.57 Å². The number of nitrogens with one attached hydrogen (secondary N) is 1. The standard InChI is InChI=1S/C18H19F3N2O4/c1-23(25-2)17(24)22-14-4-3-5-16(12-14)26-11-10-13-6-8-15(9-7-13)27-18(19,20)21/h3-9,12H,10-11H2,1-2H3,(H,22,24). The van der Waals surface area contributed by atoms with Crippen LogP contribution < -0.4 is 14.8 Å². The third-order valence-corrected chi connectivity index (χ3v) is 3.46. The van der Waals surface area contributed by atoms with E-state index in [1.807, 2.05) is 0 Å². The number of nitrogens with zero attached hydrogens (tertiary/aromatic N) is 1. The number of carbonyl (C=O) groups is 1. The van der Waals surface area contributed by atoms with E-state index in [9.17, 15) is 18.0 Å². The number of rotatable bonds is 7. The van der Waals surface area contributed by atoms with Gasteiger partial charge in [-0.25, -0.2) is 9.86 Å². The summed E-state index contributed by atoms with van der Waals surface area (Å²) in [5.74, 6) is 0.279. The number of hydrogen-bond acceptors (Lipinski definition) is 4. The van der Waals surface area contributed by atoms with Crippen LogP contribution in [0.1, 0.15) is 5.56 Å². The Kier molecular flexibility index (Phi) is 6.89. The smallest absolute Gasteiger partial charge is 0.493 e.